The largest absolute Gasteiger partial charge is 0.324 e. The summed E-state index contributed by atoms with van der Waals surface area (Å²) < 4.78 is 0. The van der Waals surface area contributed by atoms with Crippen molar-refractivity contribution in [3.63, 3.8) is 0 Å². The summed E-state index contributed by atoms with van der Waals surface area (Å²) in [5, 5.41) is 10.9. The second kappa shape index (κ2) is 4.11. The van der Waals surface area contributed by atoms with Gasteiger partial charge in [-0.15, -0.1) is 0 Å². The maximum Gasteiger partial charge on any atom is 0.270 e. The van der Waals surface area contributed by atoms with Gasteiger partial charge in [-0.2, -0.15) is 0 Å². The molecule has 0 bridgehead atoms. The van der Waals surface area contributed by atoms with Crippen molar-refractivity contribution in [2.75, 3.05) is 0 Å². The molecule has 92 valence electrons. The van der Waals surface area contributed by atoms with E-state index in [0.29, 0.717) is 11.8 Å². The van der Waals surface area contributed by atoms with Gasteiger partial charge in [0.05, 0.1) is 4.92 Å². The van der Waals surface area contributed by atoms with Gasteiger partial charge in [0.2, 0.25) is 0 Å². The van der Waals surface area contributed by atoms with E-state index in [4.69, 9.17) is 5.73 Å². The molecule has 0 saturated heterocycles. The molecule has 1 aliphatic carbocycles. The highest BCUT2D eigenvalue weighted by Crippen LogP contribution is 2.46. The molecule has 3 unspecified atom stereocenters. The number of nitro groups is 1. The summed E-state index contributed by atoms with van der Waals surface area (Å²) in [7, 11) is 0. The van der Waals surface area contributed by atoms with Crippen molar-refractivity contribution < 1.29 is 4.92 Å². The molecule has 3 atom stereocenters. The molecule has 2 rings (SSSR count). The van der Waals surface area contributed by atoms with Crippen LogP contribution in [0.25, 0.3) is 0 Å². The molecular formula is C13H18N2O2. The first-order chi connectivity index (χ1) is 7.91. The van der Waals surface area contributed by atoms with E-state index in [0.717, 1.165) is 23.1 Å². The Morgan fingerprint density at radius 2 is 2.06 bits per heavy atom. The molecule has 1 saturated carbocycles. The van der Waals surface area contributed by atoms with Crippen LogP contribution in [0.2, 0.25) is 0 Å². The van der Waals surface area contributed by atoms with Gasteiger partial charge in [-0.25, -0.2) is 0 Å². The molecule has 0 amide bonds. The summed E-state index contributed by atoms with van der Waals surface area (Å²) >= 11 is 0. The molecule has 4 heteroatoms. The topological polar surface area (TPSA) is 69.2 Å². The number of rotatable bonds is 3. The van der Waals surface area contributed by atoms with Crippen LogP contribution in [-0.4, -0.2) is 4.92 Å². The van der Waals surface area contributed by atoms with E-state index in [2.05, 4.69) is 6.92 Å². The third kappa shape index (κ3) is 2.17. The fraction of sp³-hybridized carbons (Fsp3) is 0.538. The van der Waals surface area contributed by atoms with E-state index in [1.165, 1.54) is 0 Å². The van der Waals surface area contributed by atoms with Crippen molar-refractivity contribution in [2.24, 2.45) is 17.6 Å². The second-order valence-electron chi connectivity index (χ2n) is 5.14. The Hall–Kier alpha value is -1.42. The van der Waals surface area contributed by atoms with Crippen LogP contribution >= 0.6 is 0 Å². The van der Waals surface area contributed by atoms with Crippen LogP contribution in [0.4, 0.5) is 5.69 Å². The summed E-state index contributed by atoms with van der Waals surface area (Å²) in [6.45, 7) is 6.06. The Morgan fingerprint density at radius 1 is 1.47 bits per heavy atom. The number of benzene rings is 1. The molecule has 2 N–H and O–H groups in total. The van der Waals surface area contributed by atoms with Crippen molar-refractivity contribution in [2.45, 2.75) is 33.2 Å². The average Bonchev–Trinajstić information content (AvgIpc) is 2.98. The normalized spacial score (nSPS) is 24.5. The van der Waals surface area contributed by atoms with Gasteiger partial charge in [0, 0.05) is 18.2 Å². The zero-order valence-corrected chi connectivity index (χ0v) is 10.4. The standard InChI is InChI=1S/C13H18N2O2/c1-7-4-10(15(16)17)6-12(9(7)3)13(14)11-5-8(11)2/h4,6,8,11,13H,5,14H2,1-3H3. The van der Waals surface area contributed by atoms with E-state index in [-0.39, 0.29) is 16.7 Å². The number of hydrogen-bond acceptors (Lipinski definition) is 3. The minimum Gasteiger partial charge on any atom is -0.324 e. The number of aryl methyl sites for hydroxylation is 1. The van der Waals surface area contributed by atoms with Crippen molar-refractivity contribution >= 4 is 5.69 Å². The molecule has 1 aromatic rings. The van der Waals surface area contributed by atoms with Gasteiger partial charge in [0.25, 0.3) is 5.69 Å². The van der Waals surface area contributed by atoms with Gasteiger partial charge in [0.1, 0.15) is 0 Å². The lowest BCUT2D eigenvalue weighted by Crippen LogP contribution is -2.15. The summed E-state index contributed by atoms with van der Waals surface area (Å²) in [5.74, 6) is 1.12. The van der Waals surface area contributed by atoms with Gasteiger partial charge in [-0.3, -0.25) is 10.1 Å². The van der Waals surface area contributed by atoms with Crippen LogP contribution in [0.15, 0.2) is 12.1 Å². The zero-order chi connectivity index (χ0) is 12.7. The first-order valence-electron chi connectivity index (χ1n) is 5.93. The fourth-order valence-corrected chi connectivity index (χ4v) is 2.40. The number of nitro benzene ring substituents is 1. The summed E-state index contributed by atoms with van der Waals surface area (Å²) in [6.07, 6.45) is 1.13. The lowest BCUT2D eigenvalue weighted by Gasteiger charge is -2.16. The molecule has 0 radical (unpaired) electrons. The minimum absolute atomic E-state index is 0.0661. The van der Waals surface area contributed by atoms with Crippen molar-refractivity contribution in [3.05, 3.63) is 38.9 Å². The Balaban J connectivity index is 2.41. The van der Waals surface area contributed by atoms with Crippen LogP contribution in [-0.2, 0) is 0 Å². The summed E-state index contributed by atoms with van der Waals surface area (Å²) in [6, 6.07) is 3.18. The number of nitrogens with zero attached hydrogens (tertiary/aromatic N) is 1. The van der Waals surface area contributed by atoms with Gasteiger partial charge < -0.3 is 5.73 Å². The Labute approximate surface area is 101 Å². The third-order valence-corrected chi connectivity index (χ3v) is 3.90. The third-order valence-electron chi connectivity index (χ3n) is 3.90. The minimum atomic E-state index is -0.348. The Morgan fingerprint density at radius 3 is 2.53 bits per heavy atom. The average molecular weight is 234 g/mol. The molecule has 1 aliphatic rings. The molecule has 0 spiro atoms. The van der Waals surface area contributed by atoms with Gasteiger partial charge in [-0.1, -0.05) is 6.92 Å². The van der Waals surface area contributed by atoms with Crippen molar-refractivity contribution in [1.82, 2.24) is 0 Å². The van der Waals surface area contributed by atoms with E-state index >= 15 is 0 Å². The molecule has 17 heavy (non-hydrogen) atoms. The summed E-state index contributed by atoms with van der Waals surface area (Å²) in [4.78, 5) is 10.5. The van der Waals surface area contributed by atoms with Gasteiger partial charge in [-0.05, 0) is 48.8 Å². The predicted molar refractivity (Wildman–Crippen MR) is 66.8 cm³/mol. The quantitative estimate of drug-likeness (QED) is 0.645. The van der Waals surface area contributed by atoms with Crippen LogP contribution in [0.5, 0.6) is 0 Å². The molecule has 0 aromatic heterocycles. The Kier molecular flexibility index (Phi) is 2.91. The van der Waals surface area contributed by atoms with Crippen LogP contribution in [0.3, 0.4) is 0 Å². The molecule has 1 fully saturated rings. The van der Waals surface area contributed by atoms with Crippen LogP contribution < -0.4 is 5.73 Å². The fourth-order valence-electron chi connectivity index (χ4n) is 2.40. The number of non-ortho nitro benzene ring substituents is 1. The molecule has 0 aliphatic heterocycles. The second-order valence-corrected chi connectivity index (χ2v) is 5.14. The SMILES string of the molecule is Cc1cc([N+](=O)[O-])cc(C(N)C2CC2C)c1C. The molecule has 0 heterocycles. The maximum atomic E-state index is 10.9. The van der Waals surface area contributed by atoms with E-state index < -0.39 is 0 Å². The summed E-state index contributed by atoms with van der Waals surface area (Å²) in [5.41, 5.74) is 9.32. The smallest absolute Gasteiger partial charge is 0.270 e. The first-order valence-corrected chi connectivity index (χ1v) is 5.93. The molecule has 4 nitrogen and oxygen atoms in total. The number of hydrogen-bond donors (Lipinski definition) is 1. The van der Waals surface area contributed by atoms with Crippen LogP contribution in [0.1, 0.15) is 36.1 Å². The van der Waals surface area contributed by atoms with Crippen LogP contribution in [0, 0.1) is 35.8 Å². The highest BCUT2D eigenvalue weighted by Gasteiger charge is 2.39. The van der Waals surface area contributed by atoms with Crippen molar-refractivity contribution in [3.8, 4) is 0 Å². The lowest BCUT2D eigenvalue weighted by atomic mass is 9.94. The molecule has 1 aromatic carbocycles. The highest BCUT2D eigenvalue weighted by atomic mass is 16.6. The zero-order valence-electron chi connectivity index (χ0n) is 10.4. The van der Waals surface area contributed by atoms with E-state index in [1.807, 2.05) is 13.8 Å². The highest BCUT2D eigenvalue weighted by molar-refractivity contribution is 5.46. The first kappa shape index (κ1) is 12.0. The lowest BCUT2D eigenvalue weighted by molar-refractivity contribution is -0.385. The maximum absolute atomic E-state index is 10.9. The van der Waals surface area contributed by atoms with E-state index in [1.54, 1.807) is 12.1 Å². The van der Waals surface area contributed by atoms with Gasteiger partial charge in [0.15, 0.2) is 0 Å². The van der Waals surface area contributed by atoms with E-state index in [9.17, 15) is 10.1 Å². The van der Waals surface area contributed by atoms with Crippen molar-refractivity contribution in [1.29, 1.82) is 0 Å². The predicted octanol–water partition coefficient (Wildman–Crippen LogP) is 2.87. The Bertz CT molecular complexity index is 471. The monoisotopic (exact) mass is 234 g/mol. The van der Waals surface area contributed by atoms with Gasteiger partial charge >= 0.3 is 0 Å². The number of nitrogens with two attached hydrogens (primary N) is 1. The molecular weight excluding hydrogens is 216 g/mol.